The molecule has 0 fully saturated rings. The number of benzene rings is 1. The molecule has 0 saturated heterocycles. The van der Waals surface area contributed by atoms with Crippen molar-refractivity contribution in [3.8, 4) is 6.07 Å². The summed E-state index contributed by atoms with van der Waals surface area (Å²) in [5.74, 6) is 0. The van der Waals surface area contributed by atoms with Crippen LogP contribution in [-0.2, 0) is 19.4 Å². The number of hydrogen-bond donors (Lipinski definition) is 1. The van der Waals surface area contributed by atoms with Crippen LogP contribution in [0.15, 0.2) is 18.2 Å². The lowest BCUT2D eigenvalue weighted by atomic mass is 10.0. The maximum atomic E-state index is 8.91. The summed E-state index contributed by atoms with van der Waals surface area (Å²) in [5.41, 5.74) is 3.83. The van der Waals surface area contributed by atoms with Crippen LogP contribution < -0.4 is 5.32 Å². The summed E-state index contributed by atoms with van der Waals surface area (Å²) in [4.78, 5) is 0. The number of aryl methyl sites for hydroxylation is 2. The van der Waals surface area contributed by atoms with Crippen molar-refractivity contribution in [2.45, 2.75) is 45.2 Å². The average Bonchev–Trinajstić information content (AvgIpc) is 2.73. The van der Waals surface area contributed by atoms with Crippen LogP contribution in [0.4, 0.5) is 0 Å². The monoisotopic (exact) mass is 214 g/mol. The lowest BCUT2D eigenvalue weighted by molar-refractivity contribution is 0.485. The van der Waals surface area contributed by atoms with Crippen molar-refractivity contribution < 1.29 is 0 Å². The van der Waals surface area contributed by atoms with Gasteiger partial charge in [0.05, 0.1) is 6.07 Å². The van der Waals surface area contributed by atoms with Crippen LogP contribution in [0.2, 0.25) is 0 Å². The minimum Gasteiger partial charge on any atom is -0.296 e. The highest BCUT2D eigenvalue weighted by atomic mass is 14.9. The number of nitriles is 1. The fraction of sp³-hybridized carbons (Fsp3) is 0.500. The van der Waals surface area contributed by atoms with Gasteiger partial charge in [0.15, 0.2) is 0 Å². The summed E-state index contributed by atoms with van der Waals surface area (Å²) < 4.78 is 0. The number of fused-ring (bicyclic) bond motifs is 1. The fourth-order valence-electron chi connectivity index (χ4n) is 2.10. The van der Waals surface area contributed by atoms with Crippen LogP contribution in [0.1, 0.15) is 37.0 Å². The molecular weight excluding hydrogens is 196 g/mol. The Morgan fingerprint density at radius 1 is 1.31 bits per heavy atom. The predicted molar refractivity (Wildman–Crippen MR) is 65.0 cm³/mol. The minimum absolute atomic E-state index is 0.445. The van der Waals surface area contributed by atoms with E-state index in [1.165, 1.54) is 36.0 Å². The van der Waals surface area contributed by atoms with Crippen molar-refractivity contribution in [2.24, 2.45) is 0 Å². The molecule has 0 saturated carbocycles. The summed E-state index contributed by atoms with van der Waals surface area (Å²) in [6.45, 7) is 4.58. The maximum absolute atomic E-state index is 8.91. The standard InChI is InChI=1S/C14H18N2/c1-14(2,10-15)16-9-11-6-7-12-4-3-5-13(12)8-11/h6-8,16H,3-5,9H2,1-2H3. The van der Waals surface area contributed by atoms with Crippen LogP contribution in [0.3, 0.4) is 0 Å². The van der Waals surface area contributed by atoms with Crippen LogP contribution in [0, 0.1) is 11.3 Å². The largest absolute Gasteiger partial charge is 0.296 e. The third kappa shape index (κ3) is 2.43. The third-order valence-corrected chi connectivity index (χ3v) is 3.18. The van der Waals surface area contributed by atoms with Gasteiger partial charge in [-0.2, -0.15) is 5.26 Å². The molecule has 0 aromatic heterocycles. The highest BCUT2D eigenvalue weighted by molar-refractivity contribution is 5.35. The molecule has 0 atom stereocenters. The van der Waals surface area contributed by atoms with Gasteiger partial charge in [0.25, 0.3) is 0 Å². The predicted octanol–water partition coefficient (Wildman–Crippen LogP) is 2.57. The average molecular weight is 214 g/mol. The first-order chi connectivity index (χ1) is 7.61. The second-order valence-corrected chi connectivity index (χ2v) is 5.05. The Hall–Kier alpha value is -1.33. The Balaban J connectivity index is 2.04. The van der Waals surface area contributed by atoms with Gasteiger partial charge in [-0.25, -0.2) is 0 Å². The van der Waals surface area contributed by atoms with Crippen LogP contribution in [0.25, 0.3) is 0 Å². The molecule has 0 radical (unpaired) electrons. The fourth-order valence-corrected chi connectivity index (χ4v) is 2.10. The van der Waals surface area contributed by atoms with Crippen LogP contribution >= 0.6 is 0 Å². The van der Waals surface area contributed by atoms with Gasteiger partial charge in [0.2, 0.25) is 0 Å². The Morgan fingerprint density at radius 3 is 2.81 bits per heavy atom. The van der Waals surface area contributed by atoms with E-state index in [-0.39, 0.29) is 0 Å². The molecule has 84 valence electrons. The van der Waals surface area contributed by atoms with E-state index in [9.17, 15) is 0 Å². The van der Waals surface area contributed by atoms with E-state index < -0.39 is 5.54 Å². The molecule has 0 heterocycles. The van der Waals surface area contributed by atoms with Gasteiger partial charge in [-0.3, -0.25) is 5.32 Å². The molecule has 0 aliphatic heterocycles. The van der Waals surface area contributed by atoms with Crippen LogP contribution in [-0.4, -0.2) is 5.54 Å². The second kappa shape index (κ2) is 4.27. The number of hydrogen-bond acceptors (Lipinski definition) is 2. The molecule has 1 aliphatic carbocycles. The van der Waals surface area contributed by atoms with Crippen LogP contribution in [0.5, 0.6) is 0 Å². The summed E-state index contributed by atoms with van der Waals surface area (Å²) in [6.07, 6.45) is 3.73. The van der Waals surface area contributed by atoms with Crippen molar-refractivity contribution >= 4 is 0 Å². The van der Waals surface area contributed by atoms with Gasteiger partial charge >= 0.3 is 0 Å². The Kier molecular flexibility index (Phi) is 2.98. The van der Waals surface area contributed by atoms with E-state index in [1.807, 2.05) is 13.8 Å². The molecule has 0 amide bonds. The number of nitrogens with zero attached hydrogens (tertiary/aromatic N) is 1. The molecule has 16 heavy (non-hydrogen) atoms. The summed E-state index contributed by atoms with van der Waals surface area (Å²) in [6, 6.07) is 8.94. The molecule has 2 rings (SSSR count). The highest BCUT2D eigenvalue weighted by Crippen LogP contribution is 2.22. The first kappa shape index (κ1) is 11.2. The normalized spacial score (nSPS) is 14.6. The van der Waals surface area contributed by atoms with E-state index in [2.05, 4.69) is 29.6 Å². The van der Waals surface area contributed by atoms with E-state index in [0.717, 1.165) is 6.54 Å². The molecule has 2 heteroatoms. The second-order valence-electron chi connectivity index (χ2n) is 5.05. The van der Waals surface area contributed by atoms with E-state index in [4.69, 9.17) is 5.26 Å². The zero-order valence-corrected chi connectivity index (χ0v) is 10.0. The molecule has 0 spiro atoms. The Bertz CT molecular complexity index is 427. The highest BCUT2D eigenvalue weighted by Gasteiger charge is 2.16. The summed E-state index contributed by atoms with van der Waals surface area (Å²) in [7, 11) is 0. The molecule has 1 N–H and O–H groups in total. The minimum atomic E-state index is -0.445. The van der Waals surface area contributed by atoms with Crippen molar-refractivity contribution in [2.75, 3.05) is 0 Å². The van der Waals surface area contributed by atoms with Crippen molar-refractivity contribution in [1.82, 2.24) is 5.32 Å². The molecule has 0 unspecified atom stereocenters. The Morgan fingerprint density at radius 2 is 2.06 bits per heavy atom. The molecule has 1 aliphatic rings. The summed E-state index contributed by atoms with van der Waals surface area (Å²) >= 11 is 0. The van der Waals surface area contributed by atoms with Gasteiger partial charge in [-0.05, 0) is 49.8 Å². The first-order valence-corrected chi connectivity index (χ1v) is 5.88. The van der Waals surface area contributed by atoms with Gasteiger partial charge < -0.3 is 0 Å². The van der Waals surface area contributed by atoms with Crippen molar-refractivity contribution in [3.63, 3.8) is 0 Å². The van der Waals surface area contributed by atoms with Gasteiger partial charge in [-0.15, -0.1) is 0 Å². The lowest BCUT2D eigenvalue weighted by Crippen LogP contribution is -2.36. The van der Waals surface area contributed by atoms with Crippen molar-refractivity contribution in [3.05, 3.63) is 34.9 Å². The van der Waals surface area contributed by atoms with E-state index in [1.54, 1.807) is 0 Å². The van der Waals surface area contributed by atoms with Gasteiger partial charge in [0, 0.05) is 6.54 Å². The van der Waals surface area contributed by atoms with Gasteiger partial charge in [-0.1, -0.05) is 18.2 Å². The molecule has 1 aromatic rings. The molecule has 1 aromatic carbocycles. The number of rotatable bonds is 3. The van der Waals surface area contributed by atoms with Gasteiger partial charge in [0.1, 0.15) is 5.54 Å². The summed E-state index contributed by atoms with van der Waals surface area (Å²) in [5, 5.41) is 12.2. The molecule has 2 nitrogen and oxygen atoms in total. The van der Waals surface area contributed by atoms with E-state index >= 15 is 0 Å². The van der Waals surface area contributed by atoms with Crippen molar-refractivity contribution in [1.29, 1.82) is 5.26 Å². The first-order valence-electron chi connectivity index (χ1n) is 5.88. The lowest BCUT2D eigenvalue weighted by Gasteiger charge is -2.17. The number of nitrogens with one attached hydrogen (secondary N) is 1. The smallest absolute Gasteiger partial charge is 0.101 e. The molecular formula is C14H18N2. The maximum Gasteiger partial charge on any atom is 0.101 e. The Labute approximate surface area is 97.3 Å². The van der Waals surface area contributed by atoms with E-state index in [0.29, 0.717) is 0 Å². The zero-order chi connectivity index (χ0) is 11.6. The molecule has 0 bridgehead atoms. The third-order valence-electron chi connectivity index (χ3n) is 3.18. The zero-order valence-electron chi connectivity index (χ0n) is 10.0. The SMILES string of the molecule is CC(C)(C#N)NCc1ccc2c(c1)CCC2. The quantitative estimate of drug-likeness (QED) is 0.839. The topological polar surface area (TPSA) is 35.8 Å².